The largest absolute Gasteiger partial charge is 0.466 e. The fourth-order valence-corrected chi connectivity index (χ4v) is 5.13. The van der Waals surface area contributed by atoms with Gasteiger partial charge in [0.1, 0.15) is 6.61 Å². The summed E-state index contributed by atoms with van der Waals surface area (Å²) >= 11 is 0. The number of halogens is 3. The number of likely N-dealkylation sites (N-methyl/N-ethyl adjacent to an activating group) is 1. The second kappa shape index (κ2) is 10.8. The Bertz CT molecular complexity index is 1230. The number of carbonyl (C=O) groups is 2. The monoisotopic (exact) mass is 514 g/mol. The minimum Gasteiger partial charge on any atom is -0.466 e. The average molecular weight is 515 g/mol. The van der Waals surface area contributed by atoms with Crippen LogP contribution >= 0.6 is 0 Å². The summed E-state index contributed by atoms with van der Waals surface area (Å²) in [6.45, 7) is 3.97. The van der Waals surface area contributed by atoms with Crippen LogP contribution in [0, 0.1) is 0 Å². The lowest BCUT2D eigenvalue weighted by molar-refractivity contribution is -0.138. The molecule has 0 radical (unpaired) electrons. The molecule has 2 aliphatic rings. The van der Waals surface area contributed by atoms with E-state index in [-0.39, 0.29) is 6.61 Å². The van der Waals surface area contributed by atoms with Gasteiger partial charge in [0, 0.05) is 44.0 Å². The smallest absolute Gasteiger partial charge is 0.416 e. The Morgan fingerprint density at radius 1 is 1.11 bits per heavy atom. The van der Waals surface area contributed by atoms with Gasteiger partial charge in [0.25, 0.3) is 6.47 Å². The van der Waals surface area contributed by atoms with Gasteiger partial charge in [0.2, 0.25) is 0 Å². The van der Waals surface area contributed by atoms with Crippen molar-refractivity contribution in [3.63, 3.8) is 0 Å². The minimum absolute atomic E-state index is 0.115. The molecule has 2 aromatic carbocycles. The molecule has 0 spiro atoms. The summed E-state index contributed by atoms with van der Waals surface area (Å²) in [6.07, 6.45) is -3.62. The molecule has 9 heteroatoms. The van der Waals surface area contributed by atoms with Crippen LogP contribution in [0.3, 0.4) is 0 Å². The average Bonchev–Trinajstić information content (AvgIpc) is 2.89. The Balaban J connectivity index is 1.80. The molecular weight excluding hydrogens is 485 g/mol. The molecule has 4 rings (SSSR count). The third kappa shape index (κ3) is 5.41. The fourth-order valence-electron chi connectivity index (χ4n) is 5.13. The van der Waals surface area contributed by atoms with Crippen LogP contribution in [-0.2, 0) is 38.2 Å². The molecule has 2 aromatic rings. The Morgan fingerprint density at radius 2 is 1.78 bits per heavy atom. The van der Waals surface area contributed by atoms with Crippen LogP contribution in [0.2, 0.25) is 0 Å². The molecule has 1 unspecified atom stereocenters. The number of hydrogen-bond acceptors (Lipinski definition) is 6. The Hall–Kier alpha value is -3.59. The summed E-state index contributed by atoms with van der Waals surface area (Å²) in [4.78, 5) is 28.4. The van der Waals surface area contributed by atoms with E-state index in [1.54, 1.807) is 0 Å². The lowest BCUT2D eigenvalue weighted by atomic mass is 9.79. The summed E-state index contributed by atoms with van der Waals surface area (Å²) < 4.78 is 50.0. The van der Waals surface area contributed by atoms with E-state index in [9.17, 15) is 22.8 Å². The van der Waals surface area contributed by atoms with Crippen molar-refractivity contribution in [3.8, 4) is 0 Å². The van der Waals surface area contributed by atoms with Gasteiger partial charge in [-0.2, -0.15) is 13.2 Å². The summed E-state index contributed by atoms with van der Waals surface area (Å²) in [5.74, 6) is -1.32. The van der Waals surface area contributed by atoms with Gasteiger partial charge >= 0.3 is 12.1 Å². The first kappa shape index (κ1) is 26.5. The van der Waals surface area contributed by atoms with Crippen LogP contribution in [-0.4, -0.2) is 56.1 Å². The van der Waals surface area contributed by atoms with Crippen LogP contribution in [0.5, 0.6) is 0 Å². The van der Waals surface area contributed by atoms with E-state index in [1.807, 2.05) is 31.0 Å². The first-order valence-electron chi connectivity index (χ1n) is 11.9. The quantitative estimate of drug-likeness (QED) is 0.396. The van der Waals surface area contributed by atoms with E-state index in [0.29, 0.717) is 42.0 Å². The molecule has 196 valence electrons. The van der Waals surface area contributed by atoms with E-state index < -0.39 is 23.6 Å². The molecule has 0 saturated carbocycles. The number of nitrogens with zero attached hydrogens (tertiary/aromatic N) is 2. The fraction of sp³-hybridized carbons (Fsp3) is 0.357. The molecular formula is C28H29F3N2O4. The zero-order chi connectivity index (χ0) is 26.7. The van der Waals surface area contributed by atoms with E-state index in [2.05, 4.69) is 17.0 Å². The molecule has 1 atom stereocenters. The lowest BCUT2D eigenvalue weighted by Gasteiger charge is -2.40. The molecule has 0 fully saturated rings. The molecule has 0 bridgehead atoms. The van der Waals surface area contributed by atoms with Crippen molar-refractivity contribution in [1.29, 1.82) is 0 Å². The van der Waals surface area contributed by atoms with Gasteiger partial charge in [-0.1, -0.05) is 36.4 Å². The Kier molecular flexibility index (Phi) is 7.73. The number of alkyl halides is 3. The number of carbonyl (C=O) groups excluding carboxylic acids is 2. The van der Waals surface area contributed by atoms with Gasteiger partial charge in [-0.05, 0) is 47.7 Å². The van der Waals surface area contributed by atoms with Crippen LogP contribution in [0.15, 0.2) is 71.1 Å². The summed E-state index contributed by atoms with van der Waals surface area (Å²) in [6, 6.07) is 13.0. The van der Waals surface area contributed by atoms with Crippen molar-refractivity contribution in [1.82, 2.24) is 9.80 Å². The van der Waals surface area contributed by atoms with Gasteiger partial charge in [0.05, 0.1) is 18.2 Å². The van der Waals surface area contributed by atoms with E-state index in [0.717, 1.165) is 30.8 Å². The number of rotatable bonds is 7. The second-order valence-corrected chi connectivity index (χ2v) is 9.21. The maximum absolute atomic E-state index is 13.3. The topological polar surface area (TPSA) is 59.1 Å². The van der Waals surface area contributed by atoms with Gasteiger partial charge in [-0.25, -0.2) is 4.79 Å². The number of methoxy groups -OCH3 is 1. The highest BCUT2D eigenvalue weighted by Crippen LogP contribution is 2.43. The third-order valence-electron chi connectivity index (χ3n) is 7.19. The SMILES string of the molecule is COC(=O)C1=C(CN2CCc3ccccc3C2)N(C)C(C)=C(COC=O)C1c1ccc(C(F)(F)F)cc1. The van der Waals surface area contributed by atoms with E-state index in [1.165, 1.54) is 30.4 Å². The highest BCUT2D eigenvalue weighted by atomic mass is 19.4. The van der Waals surface area contributed by atoms with Gasteiger partial charge in [-0.15, -0.1) is 0 Å². The van der Waals surface area contributed by atoms with Gasteiger partial charge in [0.15, 0.2) is 0 Å². The minimum atomic E-state index is -4.49. The molecule has 0 N–H and O–H groups in total. The number of benzene rings is 2. The number of ether oxygens (including phenoxy) is 2. The van der Waals surface area contributed by atoms with Crippen molar-refractivity contribution in [2.75, 3.05) is 33.9 Å². The Morgan fingerprint density at radius 3 is 2.41 bits per heavy atom. The molecule has 0 aliphatic carbocycles. The number of hydrogen-bond donors (Lipinski definition) is 0. The van der Waals surface area contributed by atoms with Crippen molar-refractivity contribution in [2.45, 2.75) is 32.0 Å². The first-order valence-corrected chi connectivity index (χ1v) is 11.9. The molecule has 2 heterocycles. The van der Waals surface area contributed by atoms with Crippen molar-refractivity contribution in [2.24, 2.45) is 0 Å². The molecule has 0 aromatic heterocycles. The van der Waals surface area contributed by atoms with Crippen LogP contribution in [0.25, 0.3) is 0 Å². The van der Waals surface area contributed by atoms with Gasteiger partial charge < -0.3 is 14.4 Å². The standard InChI is InChI=1S/C28H29F3N2O4/c1-18-23(16-37-17-34)25(20-8-10-22(11-9-20)28(29,30)31)26(27(35)36-3)24(32(18)2)15-33-13-12-19-6-4-5-7-21(19)14-33/h4-11,17,25H,12-16H2,1-3H3. The van der Waals surface area contributed by atoms with Crippen LogP contribution in [0.1, 0.15) is 35.1 Å². The highest BCUT2D eigenvalue weighted by molar-refractivity contribution is 5.92. The summed E-state index contributed by atoms with van der Waals surface area (Å²) in [5.41, 5.74) is 4.58. The molecule has 0 amide bonds. The molecule has 6 nitrogen and oxygen atoms in total. The zero-order valence-corrected chi connectivity index (χ0v) is 21.0. The first-order chi connectivity index (χ1) is 17.7. The lowest BCUT2D eigenvalue weighted by Crippen LogP contribution is -2.40. The number of esters is 1. The highest BCUT2D eigenvalue weighted by Gasteiger charge is 2.39. The van der Waals surface area contributed by atoms with Crippen molar-refractivity contribution in [3.05, 3.63) is 93.3 Å². The molecule has 37 heavy (non-hydrogen) atoms. The van der Waals surface area contributed by atoms with Gasteiger partial charge in [-0.3, -0.25) is 9.69 Å². The summed E-state index contributed by atoms with van der Waals surface area (Å²) in [7, 11) is 3.11. The number of allylic oxidation sites excluding steroid dienone is 1. The maximum atomic E-state index is 13.3. The normalized spacial score (nSPS) is 18.5. The molecule has 0 saturated heterocycles. The van der Waals surface area contributed by atoms with E-state index >= 15 is 0 Å². The van der Waals surface area contributed by atoms with Crippen molar-refractivity contribution >= 4 is 12.4 Å². The molecule has 2 aliphatic heterocycles. The predicted octanol–water partition coefficient (Wildman–Crippen LogP) is 4.67. The second-order valence-electron chi connectivity index (χ2n) is 9.21. The zero-order valence-electron chi connectivity index (χ0n) is 21.0. The predicted molar refractivity (Wildman–Crippen MR) is 131 cm³/mol. The van der Waals surface area contributed by atoms with Crippen LogP contribution in [0.4, 0.5) is 13.2 Å². The van der Waals surface area contributed by atoms with Crippen molar-refractivity contribution < 1.29 is 32.2 Å². The van der Waals surface area contributed by atoms with E-state index in [4.69, 9.17) is 9.47 Å². The third-order valence-corrected chi connectivity index (χ3v) is 7.19. The Labute approximate surface area is 214 Å². The summed E-state index contributed by atoms with van der Waals surface area (Å²) in [5, 5.41) is 0. The van der Waals surface area contributed by atoms with Crippen LogP contribution < -0.4 is 0 Å². The maximum Gasteiger partial charge on any atom is 0.416 e. The number of fused-ring (bicyclic) bond motifs is 1.